The van der Waals surface area contributed by atoms with Crippen LogP contribution in [0.5, 0.6) is 5.75 Å². The summed E-state index contributed by atoms with van der Waals surface area (Å²) in [6, 6.07) is 9.99. The van der Waals surface area contributed by atoms with Crippen LogP contribution in [-0.2, 0) is 10.2 Å². The van der Waals surface area contributed by atoms with Crippen LogP contribution < -0.4 is 4.74 Å². The van der Waals surface area contributed by atoms with Gasteiger partial charge in [0.15, 0.2) is 0 Å². The number of pyridine rings is 1. The Morgan fingerprint density at radius 2 is 1.88 bits per heavy atom. The van der Waals surface area contributed by atoms with Gasteiger partial charge in [0, 0.05) is 25.4 Å². The predicted molar refractivity (Wildman–Crippen MR) is 87.2 cm³/mol. The van der Waals surface area contributed by atoms with Crippen molar-refractivity contribution in [2.75, 3.05) is 13.1 Å². The van der Waals surface area contributed by atoms with E-state index in [1.165, 1.54) is 12.1 Å². The van der Waals surface area contributed by atoms with Crippen molar-refractivity contribution in [2.24, 2.45) is 0 Å². The van der Waals surface area contributed by atoms with Crippen LogP contribution in [0.4, 0.5) is 4.39 Å². The molecule has 1 amide bonds. The quantitative estimate of drug-likeness (QED) is 0.867. The molecule has 0 bridgehead atoms. The molecule has 4 nitrogen and oxygen atoms in total. The molecule has 0 N–H and O–H groups in total. The number of hydrogen-bond acceptors (Lipinski definition) is 3. The highest BCUT2D eigenvalue weighted by atomic mass is 19.1. The van der Waals surface area contributed by atoms with Crippen molar-refractivity contribution in [2.45, 2.75) is 30.8 Å². The molecular formula is C19H19FN2O2. The monoisotopic (exact) mass is 326 g/mol. The van der Waals surface area contributed by atoms with Gasteiger partial charge in [-0.05, 0) is 42.7 Å². The van der Waals surface area contributed by atoms with Gasteiger partial charge in [0.05, 0.1) is 12.0 Å². The van der Waals surface area contributed by atoms with E-state index in [9.17, 15) is 9.18 Å². The zero-order valence-electron chi connectivity index (χ0n) is 13.3. The third kappa shape index (κ3) is 2.75. The van der Waals surface area contributed by atoms with Crippen molar-refractivity contribution < 1.29 is 13.9 Å². The summed E-state index contributed by atoms with van der Waals surface area (Å²) < 4.78 is 19.1. The van der Waals surface area contributed by atoms with E-state index < -0.39 is 5.41 Å². The summed E-state index contributed by atoms with van der Waals surface area (Å²) >= 11 is 0. The molecule has 1 aliphatic heterocycles. The van der Waals surface area contributed by atoms with E-state index in [1.807, 2.05) is 17.0 Å². The lowest BCUT2D eigenvalue weighted by molar-refractivity contribution is -0.133. The van der Waals surface area contributed by atoms with Crippen LogP contribution in [-0.4, -0.2) is 35.0 Å². The minimum atomic E-state index is -0.445. The first-order valence-electron chi connectivity index (χ1n) is 8.29. The topological polar surface area (TPSA) is 42.4 Å². The number of rotatable bonds is 4. The lowest BCUT2D eigenvalue weighted by atomic mass is 9.94. The zero-order valence-corrected chi connectivity index (χ0v) is 13.3. The summed E-state index contributed by atoms with van der Waals surface area (Å²) in [6.45, 7) is 1.31. The number of ether oxygens (including phenoxy) is 1. The number of likely N-dealkylation sites (tertiary alicyclic amines) is 1. The molecule has 2 aromatic rings. The molecule has 5 heteroatoms. The van der Waals surface area contributed by atoms with Gasteiger partial charge in [-0.3, -0.25) is 9.78 Å². The van der Waals surface area contributed by atoms with E-state index in [4.69, 9.17) is 4.74 Å². The van der Waals surface area contributed by atoms with Crippen LogP contribution in [0.3, 0.4) is 0 Å². The van der Waals surface area contributed by atoms with Gasteiger partial charge in [-0.1, -0.05) is 12.1 Å². The molecule has 2 heterocycles. The Bertz CT molecular complexity index is 729. The van der Waals surface area contributed by atoms with Crippen LogP contribution in [0.25, 0.3) is 0 Å². The average Bonchev–Trinajstić information content (AvgIpc) is 3.29. The minimum Gasteiger partial charge on any atom is -0.488 e. The highest BCUT2D eigenvalue weighted by Gasteiger charge is 2.53. The third-order valence-electron chi connectivity index (χ3n) is 4.94. The molecule has 1 atom stereocenters. The van der Waals surface area contributed by atoms with Crippen molar-refractivity contribution in [3.8, 4) is 5.75 Å². The fourth-order valence-electron chi connectivity index (χ4n) is 3.44. The van der Waals surface area contributed by atoms with E-state index in [0.717, 1.165) is 30.6 Å². The number of halogens is 1. The molecule has 1 aromatic heterocycles. The predicted octanol–water partition coefficient (Wildman–Crippen LogP) is 2.93. The number of nitrogens with zero attached hydrogens (tertiary/aromatic N) is 2. The van der Waals surface area contributed by atoms with E-state index in [2.05, 4.69) is 4.98 Å². The fourth-order valence-corrected chi connectivity index (χ4v) is 3.44. The Kier molecular flexibility index (Phi) is 3.71. The molecule has 1 aliphatic carbocycles. The molecule has 2 fully saturated rings. The summed E-state index contributed by atoms with van der Waals surface area (Å²) in [5, 5.41) is 0. The maximum absolute atomic E-state index is 13.1. The number of carbonyl (C=O) groups excluding carboxylic acids is 1. The summed E-state index contributed by atoms with van der Waals surface area (Å²) in [5.74, 6) is 0.660. The summed E-state index contributed by atoms with van der Waals surface area (Å²) in [6.07, 6.45) is 5.91. The number of benzene rings is 1. The Morgan fingerprint density at radius 3 is 2.54 bits per heavy atom. The normalized spacial score (nSPS) is 21.5. The minimum absolute atomic E-state index is 0.0142. The molecule has 2 aliphatic rings. The summed E-state index contributed by atoms with van der Waals surface area (Å²) in [5.41, 5.74) is 0.478. The van der Waals surface area contributed by atoms with Gasteiger partial charge in [-0.15, -0.1) is 0 Å². The van der Waals surface area contributed by atoms with Gasteiger partial charge in [0.2, 0.25) is 5.91 Å². The van der Waals surface area contributed by atoms with E-state index in [-0.39, 0.29) is 17.8 Å². The molecule has 124 valence electrons. The molecule has 0 radical (unpaired) electrons. The molecular weight excluding hydrogens is 307 g/mol. The van der Waals surface area contributed by atoms with Crippen molar-refractivity contribution in [1.82, 2.24) is 9.88 Å². The largest absolute Gasteiger partial charge is 0.488 e. The molecule has 4 rings (SSSR count). The maximum atomic E-state index is 13.1. The molecule has 1 saturated heterocycles. The van der Waals surface area contributed by atoms with Crippen molar-refractivity contribution in [1.29, 1.82) is 0 Å². The number of aromatic nitrogens is 1. The van der Waals surface area contributed by atoms with Gasteiger partial charge in [0.1, 0.15) is 17.7 Å². The van der Waals surface area contributed by atoms with Gasteiger partial charge in [-0.25, -0.2) is 4.39 Å². The summed E-state index contributed by atoms with van der Waals surface area (Å²) in [7, 11) is 0. The highest BCUT2D eigenvalue weighted by molar-refractivity contribution is 5.91. The van der Waals surface area contributed by atoms with Crippen molar-refractivity contribution in [3.05, 3.63) is 60.2 Å². The van der Waals surface area contributed by atoms with Crippen molar-refractivity contribution in [3.63, 3.8) is 0 Å². The van der Waals surface area contributed by atoms with Crippen LogP contribution in [0.1, 0.15) is 24.8 Å². The zero-order chi connectivity index (χ0) is 16.6. The Balaban J connectivity index is 1.43. The van der Waals surface area contributed by atoms with E-state index in [1.54, 1.807) is 24.5 Å². The van der Waals surface area contributed by atoms with Gasteiger partial charge in [0.25, 0.3) is 0 Å². The molecule has 1 aromatic carbocycles. The van der Waals surface area contributed by atoms with Crippen molar-refractivity contribution >= 4 is 5.91 Å². The Hall–Kier alpha value is -2.43. The SMILES string of the molecule is O=C(N1CC[C@@H](Oc2ccncc2)C1)C1(c2ccc(F)cc2)CC1. The lowest BCUT2D eigenvalue weighted by Gasteiger charge is -2.23. The first kappa shape index (κ1) is 15.1. The third-order valence-corrected chi connectivity index (χ3v) is 4.94. The molecule has 1 saturated carbocycles. The number of carbonyl (C=O) groups is 1. The summed E-state index contributed by atoms with van der Waals surface area (Å²) in [4.78, 5) is 18.8. The van der Waals surface area contributed by atoms with Crippen LogP contribution in [0.15, 0.2) is 48.8 Å². The highest BCUT2D eigenvalue weighted by Crippen LogP contribution is 2.50. The first-order valence-corrected chi connectivity index (χ1v) is 8.29. The van der Waals surface area contributed by atoms with Crippen LogP contribution in [0.2, 0.25) is 0 Å². The maximum Gasteiger partial charge on any atom is 0.233 e. The first-order chi connectivity index (χ1) is 11.7. The van der Waals surface area contributed by atoms with E-state index in [0.29, 0.717) is 13.1 Å². The van der Waals surface area contributed by atoms with E-state index >= 15 is 0 Å². The second-order valence-electron chi connectivity index (χ2n) is 6.55. The average molecular weight is 326 g/mol. The van der Waals surface area contributed by atoms with Gasteiger partial charge < -0.3 is 9.64 Å². The molecule has 0 spiro atoms. The number of hydrogen-bond donors (Lipinski definition) is 0. The smallest absolute Gasteiger partial charge is 0.233 e. The second kappa shape index (κ2) is 5.89. The standard InChI is InChI=1S/C19H19FN2O2/c20-15-3-1-14(2-4-15)19(8-9-19)18(23)22-12-7-17(13-22)24-16-5-10-21-11-6-16/h1-6,10-11,17H,7-9,12-13H2/t17-/m1/s1. The second-order valence-corrected chi connectivity index (χ2v) is 6.55. The van der Waals surface area contributed by atoms with Gasteiger partial charge >= 0.3 is 0 Å². The van der Waals surface area contributed by atoms with Gasteiger partial charge in [-0.2, -0.15) is 0 Å². The lowest BCUT2D eigenvalue weighted by Crippen LogP contribution is -2.38. The Morgan fingerprint density at radius 1 is 1.17 bits per heavy atom. The molecule has 0 unspecified atom stereocenters. The number of amides is 1. The Labute approximate surface area is 140 Å². The van der Waals surface area contributed by atoms with Crippen LogP contribution >= 0.6 is 0 Å². The fraction of sp³-hybridized carbons (Fsp3) is 0.368. The molecule has 24 heavy (non-hydrogen) atoms. The van der Waals surface area contributed by atoms with Crippen LogP contribution in [0, 0.1) is 5.82 Å².